The molecular weight excluding hydrogens is 422 g/mol. The Labute approximate surface area is 194 Å². The van der Waals surface area contributed by atoms with Gasteiger partial charge in [-0.1, -0.05) is 97.1 Å². The highest BCUT2D eigenvalue weighted by Gasteiger charge is 2.54. The van der Waals surface area contributed by atoms with E-state index in [1.807, 2.05) is 0 Å². The van der Waals surface area contributed by atoms with Crippen molar-refractivity contribution in [1.82, 2.24) is 0 Å². The van der Waals surface area contributed by atoms with Crippen LogP contribution in [-0.4, -0.2) is 24.6 Å². The monoisotopic (exact) mass is 454 g/mol. The van der Waals surface area contributed by atoms with Crippen LogP contribution < -0.4 is 10.6 Å². The van der Waals surface area contributed by atoms with Crippen LogP contribution >= 0.6 is 14.5 Å². The van der Waals surface area contributed by atoms with Gasteiger partial charge in [0.15, 0.2) is 0 Å². The summed E-state index contributed by atoms with van der Waals surface area (Å²) in [5.41, 5.74) is 3.02. The second-order valence-electron chi connectivity index (χ2n) is 9.14. The van der Waals surface area contributed by atoms with Crippen LogP contribution in [0, 0.1) is 0 Å². The van der Waals surface area contributed by atoms with Crippen LogP contribution in [0.1, 0.15) is 11.1 Å². The number of hydrogen-bond acceptors (Lipinski definition) is 0. The molecule has 0 aliphatic carbocycles. The van der Waals surface area contributed by atoms with Gasteiger partial charge in [-0.2, -0.15) is 0 Å². The van der Waals surface area contributed by atoms with Gasteiger partial charge in [0.2, 0.25) is 0 Å². The summed E-state index contributed by atoms with van der Waals surface area (Å²) in [7, 11) is -2.48. The molecule has 1 saturated heterocycles. The van der Waals surface area contributed by atoms with Gasteiger partial charge in [0.25, 0.3) is 0 Å². The van der Waals surface area contributed by atoms with Crippen molar-refractivity contribution in [3.63, 3.8) is 0 Å². The predicted molar refractivity (Wildman–Crippen MR) is 146 cm³/mol. The lowest BCUT2D eigenvalue weighted by Gasteiger charge is -2.38. The van der Waals surface area contributed by atoms with Crippen molar-refractivity contribution in [3.05, 3.63) is 132 Å². The van der Waals surface area contributed by atoms with Crippen molar-refractivity contribution < 1.29 is 0 Å². The van der Waals surface area contributed by atoms with Gasteiger partial charge in [0, 0.05) is 0 Å². The molecule has 160 valence electrons. The molecule has 0 saturated carbocycles. The van der Waals surface area contributed by atoms with Crippen LogP contribution in [-0.2, 0) is 12.3 Å². The summed E-state index contributed by atoms with van der Waals surface area (Å²) in [4.78, 5) is 0. The fraction of sp³-hybridized carbons (Fsp3) is 0.200. The zero-order valence-electron chi connectivity index (χ0n) is 18.7. The average molecular weight is 455 g/mol. The van der Waals surface area contributed by atoms with Crippen LogP contribution in [0.3, 0.4) is 0 Å². The molecule has 4 aromatic rings. The van der Waals surface area contributed by atoms with Gasteiger partial charge in [0.05, 0.1) is 62.1 Å². The Kier molecular flexibility index (Phi) is 6.54. The Morgan fingerprint density at radius 1 is 0.375 bits per heavy atom. The predicted octanol–water partition coefficient (Wildman–Crippen LogP) is 7.09. The lowest BCUT2D eigenvalue weighted by atomic mass is 10.2. The molecule has 32 heavy (non-hydrogen) atoms. The molecule has 0 atom stereocenters. The van der Waals surface area contributed by atoms with E-state index in [1.54, 1.807) is 10.6 Å². The molecule has 0 bridgehead atoms. The molecule has 4 aromatic carbocycles. The largest absolute Gasteiger partial charge is 0.0985 e. The van der Waals surface area contributed by atoms with E-state index in [1.165, 1.54) is 48.1 Å². The van der Waals surface area contributed by atoms with Crippen molar-refractivity contribution in [2.45, 2.75) is 12.3 Å². The van der Waals surface area contributed by atoms with Gasteiger partial charge >= 0.3 is 0 Å². The van der Waals surface area contributed by atoms with Gasteiger partial charge in [-0.25, -0.2) is 0 Å². The molecule has 0 N–H and O–H groups in total. The summed E-state index contributed by atoms with van der Waals surface area (Å²) >= 11 is 0. The average Bonchev–Trinajstić information content (AvgIpc) is 2.88. The molecule has 1 aliphatic heterocycles. The summed E-state index contributed by atoms with van der Waals surface area (Å²) in [6.45, 7) is 0. The highest BCUT2D eigenvalue weighted by molar-refractivity contribution is 7.89. The van der Waals surface area contributed by atoms with E-state index < -0.39 is 14.5 Å². The molecule has 0 amide bonds. The molecule has 0 spiro atoms. The number of benzene rings is 4. The lowest BCUT2D eigenvalue weighted by molar-refractivity contribution is 1.20. The zero-order valence-corrected chi connectivity index (χ0v) is 20.5. The maximum atomic E-state index is 2.42. The summed E-state index contributed by atoms with van der Waals surface area (Å²) in [5, 5.41) is 3.27. The molecule has 0 nitrogen and oxygen atoms in total. The first-order valence-electron chi connectivity index (χ1n) is 11.7. The molecule has 2 heteroatoms. The van der Waals surface area contributed by atoms with Crippen LogP contribution in [0.4, 0.5) is 0 Å². The van der Waals surface area contributed by atoms with Crippen molar-refractivity contribution in [2.24, 2.45) is 0 Å². The third kappa shape index (κ3) is 4.59. The molecule has 0 aromatic heterocycles. The maximum absolute atomic E-state index is 2.42. The zero-order chi connectivity index (χ0) is 21.7. The number of hydrogen-bond donors (Lipinski definition) is 0. The Balaban J connectivity index is 1.50. The van der Waals surface area contributed by atoms with Gasteiger partial charge < -0.3 is 0 Å². The van der Waals surface area contributed by atoms with Crippen LogP contribution in [0.15, 0.2) is 121 Å². The minimum absolute atomic E-state index is 1.24. The molecule has 0 unspecified atom stereocenters. The van der Waals surface area contributed by atoms with Gasteiger partial charge in [-0.15, -0.1) is 0 Å². The normalized spacial score (nSPS) is 23.0. The molecule has 1 fully saturated rings. The van der Waals surface area contributed by atoms with E-state index >= 15 is 0 Å². The quantitative estimate of drug-likeness (QED) is 0.273. The SMILES string of the molecule is c1ccc(C[P+]2(c3ccccc3)CC[P+](Cc3ccccc3)(c3ccccc3)CC2)cc1. The Morgan fingerprint density at radius 2 is 0.656 bits per heavy atom. The van der Waals surface area contributed by atoms with E-state index in [9.17, 15) is 0 Å². The van der Waals surface area contributed by atoms with Crippen LogP contribution in [0.25, 0.3) is 0 Å². The smallest absolute Gasteiger partial charge is 0.0622 e. The van der Waals surface area contributed by atoms with E-state index in [4.69, 9.17) is 0 Å². The van der Waals surface area contributed by atoms with E-state index in [0.717, 1.165) is 0 Å². The fourth-order valence-electron chi connectivity index (χ4n) is 5.36. The minimum atomic E-state index is -1.24. The van der Waals surface area contributed by atoms with Gasteiger partial charge in [-0.05, 0) is 35.4 Å². The molecule has 5 rings (SSSR count). The first-order valence-corrected chi connectivity index (χ1v) is 16.4. The minimum Gasteiger partial charge on any atom is -0.0622 e. The third-order valence-corrected chi connectivity index (χ3v) is 16.9. The second-order valence-corrected chi connectivity index (χ2v) is 17.2. The Bertz CT molecular complexity index is 1010. The standard InChI is InChI=1S/C30H32P2/c1-5-13-27(14-6-1)25-31(29-17-9-3-10-18-29)21-23-32(24-22-31,30-19-11-4-12-20-30)26-28-15-7-2-8-16-28/h1-20H,21-26H2/q+2. The molecule has 1 aliphatic rings. The van der Waals surface area contributed by atoms with E-state index in [-0.39, 0.29) is 0 Å². The van der Waals surface area contributed by atoms with E-state index in [0.29, 0.717) is 0 Å². The summed E-state index contributed by atoms with van der Waals surface area (Å²) < 4.78 is 0. The van der Waals surface area contributed by atoms with Crippen molar-refractivity contribution in [3.8, 4) is 0 Å². The first kappa shape index (κ1) is 21.6. The fourth-order valence-corrected chi connectivity index (χ4v) is 17.4. The molecule has 1 heterocycles. The molecule has 0 radical (unpaired) electrons. The van der Waals surface area contributed by atoms with Crippen LogP contribution in [0.5, 0.6) is 0 Å². The maximum Gasteiger partial charge on any atom is 0.0985 e. The second kappa shape index (κ2) is 9.70. The summed E-state index contributed by atoms with van der Waals surface area (Å²) in [6.07, 6.45) is 8.00. The highest BCUT2D eigenvalue weighted by Crippen LogP contribution is 2.73. The molecular formula is C30H32P2+2. The van der Waals surface area contributed by atoms with Gasteiger partial charge in [0.1, 0.15) is 0 Å². The van der Waals surface area contributed by atoms with Gasteiger partial charge in [-0.3, -0.25) is 0 Å². The van der Waals surface area contributed by atoms with Crippen molar-refractivity contribution >= 4 is 25.1 Å². The lowest BCUT2D eigenvalue weighted by Crippen LogP contribution is -2.33. The number of rotatable bonds is 6. The van der Waals surface area contributed by atoms with E-state index in [2.05, 4.69) is 121 Å². The van der Waals surface area contributed by atoms with Crippen molar-refractivity contribution in [1.29, 1.82) is 0 Å². The summed E-state index contributed by atoms with van der Waals surface area (Å²) in [5.74, 6) is 0. The topological polar surface area (TPSA) is 0 Å². The van der Waals surface area contributed by atoms with Crippen LogP contribution in [0.2, 0.25) is 0 Å². The Morgan fingerprint density at radius 3 is 0.969 bits per heavy atom. The third-order valence-electron chi connectivity index (χ3n) is 7.18. The Hall–Kier alpha value is -2.26. The van der Waals surface area contributed by atoms with Crippen molar-refractivity contribution in [2.75, 3.05) is 24.6 Å². The highest BCUT2D eigenvalue weighted by atomic mass is 31.2. The first-order chi connectivity index (χ1) is 15.8. The summed E-state index contributed by atoms with van der Waals surface area (Å²) in [6, 6.07) is 45.5.